The molecule has 11 heterocycles. The van der Waals surface area contributed by atoms with Crippen molar-refractivity contribution in [3.05, 3.63) is 429 Å². The maximum Gasteiger partial charge on any atom is 0.331 e. The van der Waals surface area contributed by atoms with Crippen LogP contribution in [0.2, 0.25) is 0 Å². The van der Waals surface area contributed by atoms with E-state index >= 15 is 0 Å². The summed E-state index contributed by atoms with van der Waals surface area (Å²) in [5.74, 6) is 1.81. The lowest BCUT2D eigenvalue weighted by Crippen LogP contribution is -2.33. The van der Waals surface area contributed by atoms with E-state index in [0.29, 0.717) is 0 Å². The highest BCUT2D eigenvalue weighted by molar-refractivity contribution is 5.84. The predicted molar refractivity (Wildman–Crippen MR) is 529 cm³/mol. The van der Waals surface area contributed by atoms with E-state index in [4.69, 9.17) is 9.97 Å². The first-order valence-corrected chi connectivity index (χ1v) is 46.5. The molecule has 0 aliphatic heterocycles. The number of aromatic nitrogens is 12. The molecule has 0 spiro atoms. The number of rotatable bonds is 7. The van der Waals surface area contributed by atoms with Gasteiger partial charge in [-0.3, -0.25) is 24.9 Å². The molecule has 132 heavy (non-hydrogen) atoms. The molecule has 0 atom stereocenters. The number of fused-ring (bicyclic) bond motifs is 18. The first-order chi connectivity index (χ1) is 64.3. The molecule has 1 fully saturated rings. The predicted octanol–water partition coefficient (Wildman–Crippen LogP) is 22.7. The van der Waals surface area contributed by atoms with Crippen molar-refractivity contribution in [2.75, 3.05) is 0 Å². The van der Waals surface area contributed by atoms with E-state index in [0.717, 1.165) is 61.7 Å². The van der Waals surface area contributed by atoms with Crippen molar-refractivity contribution in [3.63, 3.8) is 0 Å². The molecule has 12 heteroatoms. The summed E-state index contributed by atoms with van der Waals surface area (Å²) in [6.45, 7) is 15.0. The quantitative estimate of drug-likeness (QED) is 0.147. The fraction of sp³-hybridized carbons (Fsp3) is 0.200. The smallest absolute Gasteiger partial charge is 0.264 e. The number of hydrogen-bond donors (Lipinski definition) is 0. The second-order valence-corrected chi connectivity index (χ2v) is 36.9. The minimum atomic E-state index is 0.754. The van der Waals surface area contributed by atoms with Gasteiger partial charge in [0.25, 0.3) is 0 Å². The van der Waals surface area contributed by atoms with Crippen LogP contribution < -0.4 is 27.4 Å². The number of hydrogen-bond acceptors (Lipinski definition) is 6. The zero-order valence-corrected chi connectivity index (χ0v) is 78.0. The second-order valence-electron chi connectivity index (χ2n) is 36.9. The van der Waals surface area contributed by atoms with Crippen molar-refractivity contribution in [2.45, 2.75) is 119 Å². The first-order valence-electron chi connectivity index (χ1n) is 46.5. The maximum atomic E-state index is 5.16. The van der Waals surface area contributed by atoms with E-state index in [2.05, 4.69) is 406 Å². The SMILES string of the molecule is Cc1ccc2c(n1)Cc1c[n+](C)c(-c3ccccc3C)cc1-2.Cc1ccccc1-c1cc2c(c[n+]1C)Cc1cccnc1-2.Cc1ccccc1-c1cc2c(c[n+]1C)Cc1ccncc1-2.Cc1ccccc1-c1cc2c(c[n+]1C)Cc1cnccc1-2.Cc1ccccc1-c1cc2c(c[n+]1C)Cc1ncccc1-2.Cc1ccccc1-c1nc2c(c[n+]1C)Cc1c-2cccc1C1CCCC1. The zero-order chi connectivity index (χ0) is 90.5. The van der Waals surface area contributed by atoms with E-state index in [1.54, 1.807) is 5.56 Å². The lowest BCUT2D eigenvalue weighted by molar-refractivity contribution is -0.663. The summed E-state index contributed by atoms with van der Waals surface area (Å²) in [6, 6.07) is 86.7. The average Bonchev–Trinajstić information content (AvgIpc) is 1.67. The molecule has 0 radical (unpaired) electrons. The molecule has 12 nitrogen and oxygen atoms in total. The second kappa shape index (κ2) is 36.2. The molecule has 7 aliphatic rings. The molecule has 0 bridgehead atoms. The highest BCUT2D eigenvalue weighted by atomic mass is 15.0. The summed E-state index contributed by atoms with van der Waals surface area (Å²) < 4.78 is 13.4. The van der Waals surface area contributed by atoms with E-state index in [-0.39, 0.29) is 0 Å². The Balaban J connectivity index is 0.0000000989. The van der Waals surface area contributed by atoms with Crippen molar-refractivity contribution < 1.29 is 27.4 Å². The van der Waals surface area contributed by atoms with Crippen molar-refractivity contribution >= 4 is 0 Å². The van der Waals surface area contributed by atoms with Crippen LogP contribution in [0, 0.1) is 48.5 Å². The van der Waals surface area contributed by atoms with Crippen LogP contribution in [-0.4, -0.2) is 29.9 Å². The third kappa shape index (κ3) is 16.5. The fourth-order valence-electron chi connectivity index (χ4n) is 21.2. The summed E-state index contributed by atoms with van der Waals surface area (Å²) >= 11 is 0. The molecule has 0 unspecified atom stereocenters. The summed E-state index contributed by atoms with van der Waals surface area (Å²) in [5, 5.41) is 0. The summed E-state index contributed by atoms with van der Waals surface area (Å²) in [6.07, 6.45) is 36.4. The van der Waals surface area contributed by atoms with Crippen LogP contribution in [0.1, 0.15) is 143 Å². The number of aryl methyl sites for hydroxylation is 13. The van der Waals surface area contributed by atoms with Gasteiger partial charge in [-0.1, -0.05) is 158 Å². The van der Waals surface area contributed by atoms with E-state index in [1.165, 1.54) is 249 Å². The highest BCUT2D eigenvalue weighted by Gasteiger charge is 2.35. The molecule has 1 saturated carbocycles. The monoisotopic (exact) mass is 1720 g/mol. The molecule has 18 aromatic rings. The zero-order valence-electron chi connectivity index (χ0n) is 78.0. The van der Waals surface area contributed by atoms with Gasteiger partial charge in [-0.05, 0) is 228 Å². The van der Waals surface area contributed by atoms with Gasteiger partial charge in [-0.2, -0.15) is 0 Å². The van der Waals surface area contributed by atoms with Crippen LogP contribution in [0.5, 0.6) is 0 Å². The molecule has 0 saturated heterocycles. The Kier molecular flexibility index (Phi) is 23.4. The van der Waals surface area contributed by atoms with Gasteiger partial charge >= 0.3 is 5.82 Å². The Bertz CT molecular complexity index is 7020. The van der Waals surface area contributed by atoms with Gasteiger partial charge in [-0.15, -0.1) is 0 Å². The van der Waals surface area contributed by atoms with Gasteiger partial charge in [0.1, 0.15) is 35.2 Å². The topological polar surface area (TPSA) is 101 Å². The van der Waals surface area contributed by atoms with Gasteiger partial charge in [0.2, 0.25) is 28.5 Å². The molecular weight excluding hydrogens is 1610 g/mol. The number of nitrogens with zero attached hydrogens (tertiary/aromatic N) is 12. The van der Waals surface area contributed by atoms with Gasteiger partial charge < -0.3 is 0 Å². The van der Waals surface area contributed by atoms with Crippen molar-refractivity contribution in [2.24, 2.45) is 42.3 Å². The molecule has 0 N–H and O–H groups in total. The Morgan fingerprint density at radius 3 is 1.18 bits per heavy atom. The Morgan fingerprint density at radius 2 is 0.652 bits per heavy atom. The van der Waals surface area contributed by atoms with E-state index in [1.807, 2.05) is 49.3 Å². The lowest BCUT2D eigenvalue weighted by Gasteiger charge is -2.14. The van der Waals surface area contributed by atoms with Crippen LogP contribution in [0.3, 0.4) is 0 Å². The Hall–Kier alpha value is -14.9. The molecule has 11 aromatic heterocycles. The van der Waals surface area contributed by atoms with Gasteiger partial charge in [0.05, 0.1) is 35.9 Å². The maximum absolute atomic E-state index is 5.16. The first kappa shape index (κ1) is 85.2. The summed E-state index contributed by atoms with van der Waals surface area (Å²) in [7, 11) is 12.8. The van der Waals surface area contributed by atoms with Crippen molar-refractivity contribution in [3.8, 4) is 135 Å². The van der Waals surface area contributed by atoms with Gasteiger partial charge in [0.15, 0.2) is 36.7 Å². The molecule has 7 aromatic carbocycles. The number of benzene rings is 7. The third-order valence-electron chi connectivity index (χ3n) is 28.1. The molecular formula is C120H112N12+6. The molecule has 7 aliphatic carbocycles. The van der Waals surface area contributed by atoms with Crippen molar-refractivity contribution in [1.29, 1.82) is 0 Å². The normalized spacial score (nSPS) is 12.9. The highest BCUT2D eigenvalue weighted by Crippen LogP contribution is 2.47. The largest absolute Gasteiger partial charge is 0.331 e. The fourth-order valence-corrected chi connectivity index (χ4v) is 21.2. The van der Waals surface area contributed by atoms with E-state index in [9.17, 15) is 0 Å². The van der Waals surface area contributed by atoms with Crippen LogP contribution in [0.25, 0.3) is 135 Å². The van der Waals surface area contributed by atoms with Crippen LogP contribution in [-0.2, 0) is 80.8 Å². The average molecular weight is 1720 g/mol. The Labute approximate surface area is 776 Å². The minimum Gasteiger partial charge on any atom is -0.264 e. The van der Waals surface area contributed by atoms with E-state index < -0.39 is 0 Å². The lowest BCUT2D eigenvalue weighted by atomic mass is 9.90. The summed E-state index contributed by atoms with van der Waals surface area (Å²) in [5.41, 5.74) is 56.1. The minimum absolute atomic E-state index is 0.754. The summed E-state index contributed by atoms with van der Waals surface area (Å²) in [4.78, 5) is 27.5. The van der Waals surface area contributed by atoms with Gasteiger partial charge in [0, 0.05) is 201 Å². The number of pyridine rings is 10. The molecule has 25 rings (SSSR count). The van der Waals surface area contributed by atoms with Crippen molar-refractivity contribution in [1.82, 2.24) is 29.9 Å². The Morgan fingerprint density at radius 1 is 0.250 bits per heavy atom. The van der Waals surface area contributed by atoms with Gasteiger partial charge in [-0.25, -0.2) is 27.4 Å². The van der Waals surface area contributed by atoms with Crippen LogP contribution in [0.4, 0.5) is 0 Å². The van der Waals surface area contributed by atoms with Crippen LogP contribution >= 0.6 is 0 Å². The molecule has 0 amide bonds. The third-order valence-corrected chi connectivity index (χ3v) is 28.1. The van der Waals surface area contributed by atoms with Crippen LogP contribution in [0.15, 0.2) is 317 Å². The molecule has 646 valence electrons. The standard InChI is InChI=1S/C24H25N2.C20H19N2.4C19H17N2/c1-16-8-3-6-11-19(16)24-25-23-18(15-26(24)2)14-22-20(12-7-13-21(22)23)17-9-4-5-10-17;1-13-6-4-5-7-16(13)20-11-18-15(12-22(20)3)10-19-17(18)9-8-14(2)21-19;1-13-6-3-4-8-16(13)18-11-17-15(12-21(18)2)10-14-7-5-9-20-19(14)17;1-13-6-3-4-7-15(13)19-11-17-14(12-21(19)2)10-18-16(17)8-5-9-20-18;1-13-5-3-4-6-16(13)19-10-18-15(12-21(19)2)9-14-11-20-8-7-17(14)18;1-13-5-3-4-6-16(13)19-10-17-15(12-21(19)2)9-14-7-8-20-11-18(14)17/h3,6-8,11-13,15,17H,4-5,9-10,14H2,1-2H3;4-9,11-12H,10H2,1-3H3;2*3-9,11-12H,10H2,1-2H3;2*3-8,10-12H,9H2,1-2H3/q6*+1.